The summed E-state index contributed by atoms with van der Waals surface area (Å²) in [6, 6.07) is 9.54. The van der Waals surface area contributed by atoms with Crippen molar-refractivity contribution in [2.24, 2.45) is 0 Å². The van der Waals surface area contributed by atoms with Crippen LogP contribution >= 0.6 is 11.8 Å². The summed E-state index contributed by atoms with van der Waals surface area (Å²) in [5.74, 6) is -1.01. The van der Waals surface area contributed by atoms with Crippen molar-refractivity contribution in [3.63, 3.8) is 0 Å². The number of nitrogens with zero attached hydrogens (tertiary/aromatic N) is 2. The highest BCUT2D eigenvalue weighted by Gasteiger charge is 2.13. The third-order valence-electron chi connectivity index (χ3n) is 2.11. The van der Waals surface area contributed by atoms with E-state index in [0.29, 0.717) is 5.16 Å². The van der Waals surface area contributed by atoms with Crippen LogP contribution in [0, 0.1) is 0 Å². The largest absolute Gasteiger partial charge is 0.476 e. The average Bonchev–Trinajstić information content (AvgIpc) is 2.74. The second-order valence-electron chi connectivity index (χ2n) is 3.12. The quantitative estimate of drug-likeness (QED) is 0.828. The normalized spacial score (nSPS) is 10.3. The first-order chi connectivity index (χ1) is 7.72. The Bertz CT molecular complexity index is 508. The van der Waals surface area contributed by atoms with Crippen LogP contribution in [0.3, 0.4) is 0 Å². The summed E-state index contributed by atoms with van der Waals surface area (Å²) in [7, 11) is 0. The Labute approximate surface area is 96.9 Å². The summed E-state index contributed by atoms with van der Waals surface area (Å²) in [5, 5.41) is 9.55. The van der Waals surface area contributed by atoms with E-state index in [9.17, 15) is 4.79 Å². The molecule has 2 rings (SSSR count). The van der Waals surface area contributed by atoms with Crippen LogP contribution < -0.4 is 0 Å². The number of hydrogen-bond acceptors (Lipinski definition) is 3. The maximum absolute atomic E-state index is 10.8. The van der Waals surface area contributed by atoms with Crippen molar-refractivity contribution in [3.05, 3.63) is 42.2 Å². The molecule has 2 aromatic rings. The van der Waals surface area contributed by atoms with E-state index in [1.807, 2.05) is 36.6 Å². The lowest BCUT2D eigenvalue weighted by atomic mass is 10.3. The van der Waals surface area contributed by atoms with Crippen LogP contribution in [-0.2, 0) is 0 Å². The number of aromatic carboxylic acids is 1. The molecule has 5 heteroatoms. The molecule has 0 radical (unpaired) electrons. The maximum atomic E-state index is 10.8. The molecular formula is C11H10N2O2S. The second kappa shape index (κ2) is 4.40. The Kier molecular flexibility index (Phi) is 2.96. The number of imidazole rings is 1. The molecule has 4 nitrogen and oxygen atoms in total. The minimum absolute atomic E-state index is 0.0632. The molecule has 1 heterocycles. The number of carbonyl (C=O) groups is 1. The van der Waals surface area contributed by atoms with Gasteiger partial charge >= 0.3 is 5.97 Å². The third-order valence-corrected chi connectivity index (χ3v) is 2.76. The van der Waals surface area contributed by atoms with Gasteiger partial charge < -0.3 is 5.11 Å². The van der Waals surface area contributed by atoms with Crippen molar-refractivity contribution in [2.75, 3.05) is 6.26 Å². The minimum Gasteiger partial charge on any atom is -0.476 e. The first-order valence-electron chi connectivity index (χ1n) is 4.64. The van der Waals surface area contributed by atoms with Crippen molar-refractivity contribution >= 4 is 17.7 Å². The molecule has 1 aromatic heterocycles. The average molecular weight is 234 g/mol. The Hall–Kier alpha value is -1.75. The number of rotatable bonds is 3. The van der Waals surface area contributed by atoms with Gasteiger partial charge in [0, 0.05) is 11.9 Å². The monoisotopic (exact) mass is 234 g/mol. The highest BCUT2D eigenvalue weighted by Crippen LogP contribution is 2.19. The zero-order chi connectivity index (χ0) is 11.5. The van der Waals surface area contributed by atoms with Crippen molar-refractivity contribution < 1.29 is 9.90 Å². The lowest BCUT2D eigenvalue weighted by Crippen LogP contribution is -1.95. The van der Waals surface area contributed by atoms with E-state index in [0.717, 1.165) is 5.69 Å². The summed E-state index contributed by atoms with van der Waals surface area (Å²) < 4.78 is 1.77. The Morgan fingerprint density at radius 2 is 2.06 bits per heavy atom. The van der Waals surface area contributed by atoms with E-state index in [1.165, 1.54) is 18.0 Å². The van der Waals surface area contributed by atoms with Crippen LogP contribution in [0.15, 0.2) is 41.7 Å². The predicted molar refractivity (Wildman–Crippen MR) is 62.3 cm³/mol. The van der Waals surface area contributed by atoms with Crippen LogP contribution in [0.1, 0.15) is 10.5 Å². The lowest BCUT2D eigenvalue weighted by Gasteiger charge is -2.04. The van der Waals surface area contributed by atoms with Gasteiger partial charge in [0.1, 0.15) is 0 Å². The number of carboxylic acid groups (broad SMARTS) is 1. The van der Waals surface area contributed by atoms with E-state index in [4.69, 9.17) is 5.11 Å². The zero-order valence-electron chi connectivity index (χ0n) is 8.62. The van der Waals surface area contributed by atoms with Crippen LogP contribution in [0.5, 0.6) is 0 Å². The van der Waals surface area contributed by atoms with Gasteiger partial charge in [-0.15, -0.1) is 0 Å². The number of thioether (sulfide) groups is 1. The fourth-order valence-electron chi connectivity index (χ4n) is 1.38. The maximum Gasteiger partial charge on any atom is 0.356 e. The first kappa shape index (κ1) is 10.8. The summed E-state index contributed by atoms with van der Waals surface area (Å²) in [6.45, 7) is 0. The van der Waals surface area contributed by atoms with Gasteiger partial charge in [0.15, 0.2) is 10.9 Å². The molecule has 0 saturated carbocycles. The number of hydrogen-bond donors (Lipinski definition) is 1. The van der Waals surface area contributed by atoms with E-state index < -0.39 is 5.97 Å². The van der Waals surface area contributed by atoms with E-state index in [-0.39, 0.29) is 5.69 Å². The van der Waals surface area contributed by atoms with Crippen molar-refractivity contribution in [1.82, 2.24) is 9.55 Å². The molecule has 0 atom stereocenters. The van der Waals surface area contributed by atoms with Crippen molar-refractivity contribution in [3.8, 4) is 5.69 Å². The summed E-state index contributed by atoms with van der Waals surface area (Å²) in [5.41, 5.74) is 0.972. The molecule has 1 aromatic carbocycles. The van der Waals surface area contributed by atoms with Gasteiger partial charge in [0.25, 0.3) is 0 Å². The number of carboxylic acids is 1. The summed E-state index contributed by atoms with van der Waals surface area (Å²) in [4.78, 5) is 14.9. The molecule has 0 amide bonds. The summed E-state index contributed by atoms with van der Waals surface area (Å²) in [6.07, 6.45) is 3.40. The summed E-state index contributed by atoms with van der Waals surface area (Å²) >= 11 is 1.42. The molecule has 1 N–H and O–H groups in total. The molecule has 0 bridgehead atoms. The topological polar surface area (TPSA) is 55.1 Å². The van der Waals surface area contributed by atoms with E-state index in [2.05, 4.69) is 4.98 Å². The van der Waals surface area contributed by atoms with Crippen LogP contribution in [0.4, 0.5) is 0 Å². The van der Waals surface area contributed by atoms with Gasteiger partial charge in [0.2, 0.25) is 0 Å². The molecule has 16 heavy (non-hydrogen) atoms. The molecule has 82 valence electrons. The van der Waals surface area contributed by atoms with E-state index in [1.54, 1.807) is 4.57 Å². The number of benzene rings is 1. The van der Waals surface area contributed by atoms with Crippen LogP contribution in [0.2, 0.25) is 0 Å². The van der Waals surface area contributed by atoms with Crippen LogP contribution in [-0.4, -0.2) is 26.9 Å². The second-order valence-corrected chi connectivity index (χ2v) is 3.90. The first-order valence-corrected chi connectivity index (χ1v) is 5.87. The smallest absolute Gasteiger partial charge is 0.356 e. The van der Waals surface area contributed by atoms with Gasteiger partial charge in [-0.1, -0.05) is 30.0 Å². The number of para-hydroxylation sites is 1. The molecule has 0 unspecified atom stereocenters. The molecule has 0 aliphatic rings. The molecule has 0 fully saturated rings. The van der Waals surface area contributed by atoms with Gasteiger partial charge in [-0.05, 0) is 18.4 Å². The van der Waals surface area contributed by atoms with Gasteiger partial charge in [0.05, 0.1) is 0 Å². The molecule has 0 saturated heterocycles. The third kappa shape index (κ3) is 1.94. The Balaban J connectivity index is 2.52. The van der Waals surface area contributed by atoms with Crippen LogP contribution in [0.25, 0.3) is 5.69 Å². The molecule has 0 aliphatic heterocycles. The fraction of sp³-hybridized carbons (Fsp3) is 0.0909. The SMILES string of the molecule is CSc1nc(C(=O)O)cn1-c1ccccc1. The lowest BCUT2D eigenvalue weighted by molar-refractivity contribution is 0.0690. The molecule has 0 spiro atoms. The van der Waals surface area contributed by atoms with Crippen molar-refractivity contribution in [1.29, 1.82) is 0 Å². The Morgan fingerprint density at radius 3 is 2.62 bits per heavy atom. The number of aromatic nitrogens is 2. The van der Waals surface area contributed by atoms with Gasteiger partial charge in [-0.25, -0.2) is 9.78 Å². The van der Waals surface area contributed by atoms with Crippen molar-refractivity contribution in [2.45, 2.75) is 5.16 Å². The highest BCUT2D eigenvalue weighted by atomic mass is 32.2. The predicted octanol–water partition coefficient (Wildman–Crippen LogP) is 2.29. The fourth-order valence-corrected chi connectivity index (χ4v) is 1.93. The molecule has 0 aliphatic carbocycles. The highest BCUT2D eigenvalue weighted by molar-refractivity contribution is 7.98. The molecular weight excluding hydrogens is 224 g/mol. The van der Waals surface area contributed by atoms with Gasteiger partial charge in [-0.3, -0.25) is 4.57 Å². The van der Waals surface area contributed by atoms with Gasteiger partial charge in [-0.2, -0.15) is 0 Å². The standard InChI is InChI=1S/C11H10N2O2S/c1-16-11-12-9(10(14)15)7-13(11)8-5-3-2-4-6-8/h2-7H,1H3,(H,14,15). The zero-order valence-corrected chi connectivity index (χ0v) is 9.44. The minimum atomic E-state index is -1.01. The Morgan fingerprint density at radius 1 is 1.38 bits per heavy atom. The van der Waals surface area contributed by atoms with E-state index >= 15 is 0 Å².